The fraction of sp³-hybridized carbons (Fsp3) is 0.455. The fourth-order valence-corrected chi connectivity index (χ4v) is 5.86. The molecule has 1 saturated heterocycles. The Balaban J connectivity index is 1.60. The average molecular weight is 490 g/mol. The smallest absolute Gasteiger partial charge is 0.366 e. The highest BCUT2D eigenvalue weighted by Crippen LogP contribution is 2.66. The summed E-state index contributed by atoms with van der Waals surface area (Å²) in [5.74, 6) is 0.179. The van der Waals surface area contributed by atoms with Crippen LogP contribution in [0.25, 0.3) is 5.52 Å². The first-order valence-electron chi connectivity index (χ1n) is 8.06. The lowest BCUT2D eigenvalue weighted by atomic mass is 10.1. The zero-order valence-corrected chi connectivity index (χ0v) is 17.5. The molecular weight excluding hydrogens is 473 g/mol. The summed E-state index contributed by atoms with van der Waals surface area (Å²) in [6.07, 6.45) is 0.884. The number of fused-ring (bicyclic) bond motifs is 1. The van der Waals surface area contributed by atoms with E-state index in [2.05, 4.69) is 23.2 Å². The Kier molecular flexibility index (Phi) is 6.80. The van der Waals surface area contributed by atoms with E-state index in [1.807, 2.05) is 5.48 Å². The molecule has 19 heteroatoms. The molecule has 168 valence electrons. The number of rotatable bonds is 9. The lowest BCUT2D eigenvalue weighted by molar-refractivity contribution is 0.00777. The van der Waals surface area contributed by atoms with Crippen LogP contribution < -0.4 is 5.48 Å². The van der Waals surface area contributed by atoms with E-state index in [1.54, 1.807) is 12.1 Å². The molecule has 2 aromatic rings. The van der Waals surface area contributed by atoms with Crippen molar-refractivity contribution in [1.82, 2.24) is 14.6 Å². The van der Waals surface area contributed by atoms with Crippen molar-refractivity contribution in [3.8, 4) is 0 Å². The topological polar surface area (TPSA) is 231 Å². The molecule has 0 radical (unpaired) electrons. The lowest BCUT2D eigenvalue weighted by Crippen LogP contribution is -2.15. The highest BCUT2D eigenvalue weighted by Gasteiger charge is 2.41. The second-order valence-corrected chi connectivity index (χ2v) is 10.4. The SMILES string of the molecule is O=P(O)(O)OP(=O)(O)OP(=O)(O)OC[C@@H]1CC[C@H](c2ccc3c(NO)ncnn23)O1. The van der Waals surface area contributed by atoms with E-state index < -0.39 is 42.3 Å². The van der Waals surface area contributed by atoms with Crippen LogP contribution >= 0.6 is 23.5 Å². The molecule has 1 fully saturated rings. The first kappa shape index (κ1) is 23.4. The molecule has 0 amide bonds. The van der Waals surface area contributed by atoms with E-state index in [1.165, 1.54) is 10.8 Å². The van der Waals surface area contributed by atoms with E-state index in [-0.39, 0.29) is 5.82 Å². The number of ether oxygens (including phenoxy) is 1. The molecule has 1 aliphatic rings. The Labute approximate surface area is 167 Å². The summed E-state index contributed by atoms with van der Waals surface area (Å²) in [6.45, 7) is -0.526. The van der Waals surface area contributed by atoms with Gasteiger partial charge >= 0.3 is 23.5 Å². The Morgan fingerprint density at radius 2 is 1.87 bits per heavy atom. The van der Waals surface area contributed by atoms with Gasteiger partial charge in [0, 0.05) is 0 Å². The summed E-state index contributed by atoms with van der Waals surface area (Å²) >= 11 is 0. The van der Waals surface area contributed by atoms with Gasteiger partial charge < -0.3 is 24.3 Å². The van der Waals surface area contributed by atoms with Gasteiger partial charge in [0.1, 0.15) is 17.9 Å². The molecule has 1 aliphatic heterocycles. The van der Waals surface area contributed by atoms with Crippen LogP contribution in [0.15, 0.2) is 18.5 Å². The Morgan fingerprint density at radius 1 is 1.13 bits per heavy atom. The van der Waals surface area contributed by atoms with Gasteiger partial charge in [-0.05, 0) is 25.0 Å². The first-order valence-corrected chi connectivity index (χ1v) is 12.6. The van der Waals surface area contributed by atoms with Crippen LogP contribution in [-0.2, 0) is 31.6 Å². The van der Waals surface area contributed by atoms with Gasteiger partial charge in [0.25, 0.3) is 0 Å². The van der Waals surface area contributed by atoms with Crippen molar-refractivity contribution in [3.05, 3.63) is 24.2 Å². The van der Waals surface area contributed by atoms with Gasteiger partial charge in [0.15, 0.2) is 5.82 Å². The van der Waals surface area contributed by atoms with Crippen molar-refractivity contribution in [2.75, 3.05) is 12.1 Å². The van der Waals surface area contributed by atoms with Crippen LogP contribution in [0.4, 0.5) is 5.82 Å². The number of anilines is 1. The minimum Gasteiger partial charge on any atom is -0.366 e. The molecule has 3 heterocycles. The fourth-order valence-electron chi connectivity index (χ4n) is 2.81. The van der Waals surface area contributed by atoms with Gasteiger partial charge in [-0.2, -0.15) is 13.7 Å². The largest absolute Gasteiger partial charge is 0.490 e. The van der Waals surface area contributed by atoms with Crippen molar-refractivity contribution >= 4 is 34.8 Å². The summed E-state index contributed by atoms with van der Waals surface area (Å²) in [7, 11) is -16.2. The maximum atomic E-state index is 11.8. The third kappa shape index (κ3) is 5.92. The zero-order valence-electron chi connectivity index (χ0n) is 14.8. The van der Waals surface area contributed by atoms with Crippen LogP contribution in [0.2, 0.25) is 0 Å². The third-order valence-electron chi connectivity index (χ3n) is 3.86. The summed E-state index contributed by atoms with van der Waals surface area (Å²) in [4.78, 5) is 39.5. The normalized spacial score (nSPS) is 23.9. The summed E-state index contributed by atoms with van der Waals surface area (Å²) < 4.78 is 52.8. The van der Waals surface area contributed by atoms with Crippen LogP contribution in [0.1, 0.15) is 24.6 Å². The molecule has 3 rings (SSSR count). The zero-order chi connectivity index (χ0) is 22.2. The van der Waals surface area contributed by atoms with Gasteiger partial charge in [0.2, 0.25) is 0 Å². The standard InChI is InChI=1S/C11H17N4O12P3/c16-14-11-9-3-2-8(15(9)13-6-12-11)10-4-1-7(25-10)5-24-29(20,21)27-30(22,23)26-28(17,18)19/h2-3,6-7,10,16H,1,4-5H2,(H,20,21)(H,22,23)(H,12,13,14)(H2,17,18,19)/t7-,10+/m0/s1. The van der Waals surface area contributed by atoms with E-state index in [9.17, 15) is 18.6 Å². The highest BCUT2D eigenvalue weighted by molar-refractivity contribution is 7.66. The Hall–Kier alpha value is -1.25. The predicted molar refractivity (Wildman–Crippen MR) is 95.1 cm³/mol. The highest BCUT2D eigenvalue weighted by atomic mass is 31.3. The molecular formula is C11H17N4O12P3. The number of phosphoric acid groups is 3. The van der Waals surface area contributed by atoms with Crippen molar-refractivity contribution in [2.24, 2.45) is 0 Å². The maximum Gasteiger partial charge on any atom is 0.490 e. The Bertz CT molecular complexity index is 1060. The molecule has 0 aromatic carbocycles. The molecule has 0 bridgehead atoms. The molecule has 0 spiro atoms. The number of nitrogens with zero attached hydrogens (tertiary/aromatic N) is 3. The van der Waals surface area contributed by atoms with E-state index in [4.69, 9.17) is 24.6 Å². The molecule has 30 heavy (non-hydrogen) atoms. The molecule has 2 aromatic heterocycles. The van der Waals surface area contributed by atoms with Gasteiger partial charge in [-0.1, -0.05) is 0 Å². The summed E-state index contributed by atoms with van der Waals surface area (Å²) in [5, 5.41) is 13.2. The van der Waals surface area contributed by atoms with Gasteiger partial charge in [-0.3, -0.25) is 15.2 Å². The van der Waals surface area contributed by atoms with Crippen LogP contribution in [0.3, 0.4) is 0 Å². The van der Waals surface area contributed by atoms with Crippen molar-refractivity contribution in [2.45, 2.75) is 25.0 Å². The van der Waals surface area contributed by atoms with Gasteiger partial charge in [-0.25, -0.2) is 23.2 Å². The van der Waals surface area contributed by atoms with Gasteiger partial charge in [-0.15, -0.1) is 0 Å². The van der Waals surface area contributed by atoms with Crippen LogP contribution in [0.5, 0.6) is 0 Å². The number of phosphoric ester groups is 1. The minimum atomic E-state index is -5.57. The summed E-state index contributed by atoms with van der Waals surface area (Å²) in [5.41, 5.74) is 3.04. The minimum absolute atomic E-state index is 0.179. The molecule has 16 nitrogen and oxygen atoms in total. The van der Waals surface area contributed by atoms with Crippen molar-refractivity contribution < 1.29 is 56.4 Å². The van der Waals surface area contributed by atoms with E-state index >= 15 is 0 Å². The van der Waals surface area contributed by atoms with Crippen LogP contribution in [0, 0.1) is 0 Å². The van der Waals surface area contributed by atoms with E-state index in [0.29, 0.717) is 24.1 Å². The molecule has 2 unspecified atom stereocenters. The first-order chi connectivity index (χ1) is 13.9. The molecule has 6 N–H and O–H groups in total. The average Bonchev–Trinajstić information content (AvgIpc) is 3.23. The second kappa shape index (κ2) is 8.71. The van der Waals surface area contributed by atoms with Crippen molar-refractivity contribution in [3.63, 3.8) is 0 Å². The van der Waals surface area contributed by atoms with Crippen LogP contribution in [-0.4, -0.2) is 52.1 Å². The quantitative estimate of drug-likeness (QED) is 0.213. The molecule has 4 atom stereocenters. The molecule has 0 saturated carbocycles. The second-order valence-electron chi connectivity index (χ2n) is 5.99. The van der Waals surface area contributed by atoms with Gasteiger partial charge in [0.05, 0.1) is 18.4 Å². The third-order valence-corrected chi connectivity index (χ3v) is 7.67. The predicted octanol–water partition coefficient (Wildman–Crippen LogP) is 1.09. The number of aromatic nitrogens is 3. The number of hydrogen-bond acceptors (Lipinski definition) is 11. The number of nitrogens with one attached hydrogen (secondary N) is 1. The maximum absolute atomic E-state index is 11.8. The van der Waals surface area contributed by atoms with E-state index in [0.717, 1.165) is 0 Å². The lowest BCUT2D eigenvalue weighted by Gasteiger charge is -2.18. The molecule has 0 aliphatic carbocycles. The van der Waals surface area contributed by atoms with Crippen molar-refractivity contribution in [1.29, 1.82) is 0 Å². The monoisotopic (exact) mass is 490 g/mol. The summed E-state index contributed by atoms with van der Waals surface area (Å²) in [6, 6.07) is 3.34. The number of hydrogen-bond donors (Lipinski definition) is 6. The Morgan fingerprint density at radius 3 is 2.53 bits per heavy atom.